The third-order valence-corrected chi connectivity index (χ3v) is 4.49. The summed E-state index contributed by atoms with van der Waals surface area (Å²) in [6.07, 6.45) is 1.69. The number of imidazole rings is 1. The first kappa shape index (κ1) is 14.4. The predicted octanol–water partition coefficient (Wildman–Crippen LogP) is 5.16. The van der Waals surface area contributed by atoms with E-state index >= 15 is 0 Å². The van der Waals surface area contributed by atoms with Crippen LogP contribution in [0.15, 0.2) is 64.4 Å². The number of hydrogen-bond acceptors (Lipinski definition) is 4. The summed E-state index contributed by atoms with van der Waals surface area (Å²) in [5.74, 6) is 1.32. The summed E-state index contributed by atoms with van der Waals surface area (Å²) in [6.45, 7) is 0. The van der Waals surface area contributed by atoms with Crippen molar-refractivity contribution in [2.75, 3.05) is 0 Å². The van der Waals surface area contributed by atoms with Gasteiger partial charge in [-0.3, -0.25) is 0 Å². The lowest BCUT2D eigenvalue weighted by Crippen LogP contribution is -1.83. The maximum Gasteiger partial charge on any atom is 0.226 e. The first-order valence-corrected chi connectivity index (χ1v) is 8.42. The monoisotopic (exact) mass is 341 g/mol. The van der Waals surface area contributed by atoms with Gasteiger partial charge >= 0.3 is 0 Å². The molecule has 0 saturated heterocycles. The van der Waals surface area contributed by atoms with E-state index < -0.39 is 0 Å². The second-order valence-electron chi connectivity index (χ2n) is 5.00. The van der Waals surface area contributed by atoms with E-state index in [0.717, 1.165) is 27.4 Å². The van der Waals surface area contributed by atoms with Gasteiger partial charge in [0.15, 0.2) is 5.16 Å². The number of rotatable bonds is 4. The van der Waals surface area contributed by atoms with Gasteiger partial charge in [-0.05, 0) is 30.3 Å². The first-order chi connectivity index (χ1) is 11.3. The highest BCUT2D eigenvalue weighted by Gasteiger charge is 2.09. The zero-order chi connectivity index (χ0) is 15.6. The highest BCUT2D eigenvalue weighted by Crippen LogP contribution is 2.26. The molecule has 0 aliphatic carbocycles. The van der Waals surface area contributed by atoms with E-state index in [1.54, 1.807) is 18.0 Å². The van der Waals surface area contributed by atoms with E-state index in [4.69, 9.17) is 16.0 Å². The maximum atomic E-state index is 5.98. The molecule has 0 aliphatic rings. The van der Waals surface area contributed by atoms with Crippen LogP contribution in [0.5, 0.6) is 0 Å². The average Bonchev–Trinajstić information content (AvgIpc) is 3.20. The van der Waals surface area contributed by atoms with Crippen LogP contribution in [-0.4, -0.2) is 15.0 Å². The largest absolute Gasteiger partial charge is 0.444 e. The molecule has 0 fully saturated rings. The normalized spacial score (nSPS) is 11.2. The molecule has 1 N–H and O–H groups in total. The van der Waals surface area contributed by atoms with Crippen molar-refractivity contribution in [1.29, 1.82) is 0 Å². The molecule has 2 heterocycles. The molecule has 4 nitrogen and oxygen atoms in total. The molecule has 0 spiro atoms. The van der Waals surface area contributed by atoms with Crippen LogP contribution >= 0.6 is 23.4 Å². The van der Waals surface area contributed by atoms with Gasteiger partial charge in [-0.1, -0.05) is 41.6 Å². The zero-order valence-electron chi connectivity index (χ0n) is 12.0. The molecule has 0 atom stereocenters. The van der Waals surface area contributed by atoms with Gasteiger partial charge in [0.05, 0.1) is 16.7 Å². The number of hydrogen-bond donors (Lipinski definition) is 1. The molecule has 0 bridgehead atoms. The van der Waals surface area contributed by atoms with E-state index in [9.17, 15) is 0 Å². The fourth-order valence-corrected chi connectivity index (χ4v) is 3.19. The average molecular weight is 342 g/mol. The second kappa shape index (κ2) is 6.10. The minimum atomic E-state index is 0.637. The lowest BCUT2D eigenvalue weighted by Gasteiger charge is -1.93. The summed E-state index contributed by atoms with van der Waals surface area (Å²) in [6, 6.07) is 15.5. The highest BCUT2D eigenvalue weighted by molar-refractivity contribution is 7.98. The second-order valence-corrected chi connectivity index (χ2v) is 6.40. The van der Waals surface area contributed by atoms with Gasteiger partial charge in [0.25, 0.3) is 0 Å². The summed E-state index contributed by atoms with van der Waals surface area (Å²) >= 11 is 7.57. The summed E-state index contributed by atoms with van der Waals surface area (Å²) in [5, 5.41) is 1.54. The number of oxazole rings is 1. The van der Waals surface area contributed by atoms with Gasteiger partial charge in [0.1, 0.15) is 6.26 Å². The lowest BCUT2D eigenvalue weighted by atomic mass is 10.2. The van der Waals surface area contributed by atoms with Crippen molar-refractivity contribution in [2.45, 2.75) is 10.9 Å². The van der Waals surface area contributed by atoms with Crippen molar-refractivity contribution in [2.24, 2.45) is 0 Å². The third kappa shape index (κ3) is 3.11. The third-order valence-electron chi connectivity index (χ3n) is 3.35. The van der Waals surface area contributed by atoms with E-state index in [1.165, 1.54) is 0 Å². The molecule has 0 amide bonds. The van der Waals surface area contributed by atoms with Gasteiger partial charge in [-0.2, -0.15) is 0 Å². The van der Waals surface area contributed by atoms with E-state index in [-0.39, 0.29) is 0 Å². The Morgan fingerprint density at radius 3 is 2.83 bits per heavy atom. The SMILES string of the molecule is Clc1ccc2nc(SCc3coc(-c4ccccc4)n3)[nH]c2c1. The summed E-state index contributed by atoms with van der Waals surface area (Å²) < 4.78 is 5.54. The fraction of sp³-hybridized carbons (Fsp3) is 0.0588. The smallest absolute Gasteiger partial charge is 0.226 e. The molecule has 2 aromatic heterocycles. The van der Waals surface area contributed by atoms with Crippen LogP contribution in [0.25, 0.3) is 22.5 Å². The summed E-state index contributed by atoms with van der Waals surface area (Å²) in [4.78, 5) is 12.3. The van der Waals surface area contributed by atoms with E-state index in [1.807, 2.05) is 48.5 Å². The minimum absolute atomic E-state index is 0.637. The van der Waals surface area contributed by atoms with Gasteiger partial charge in [-0.15, -0.1) is 0 Å². The molecule has 114 valence electrons. The Balaban J connectivity index is 1.49. The number of fused-ring (bicyclic) bond motifs is 1. The topological polar surface area (TPSA) is 54.7 Å². The molecule has 0 saturated carbocycles. The van der Waals surface area contributed by atoms with Crippen molar-refractivity contribution >= 4 is 34.4 Å². The van der Waals surface area contributed by atoms with Gasteiger partial charge in [0.2, 0.25) is 5.89 Å². The van der Waals surface area contributed by atoms with Crippen molar-refractivity contribution in [3.05, 3.63) is 65.5 Å². The van der Waals surface area contributed by atoms with Gasteiger partial charge in [-0.25, -0.2) is 9.97 Å². The van der Waals surface area contributed by atoms with E-state index in [2.05, 4.69) is 15.0 Å². The lowest BCUT2D eigenvalue weighted by molar-refractivity contribution is 0.573. The molecule has 23 heavy (non-hydrogen) atoms. The maximum absolute atomic E-state index is 5.98. The van der Waals surface area contributed by atoms with Crippen LogP contribution in [0.2, 0.25) is 5.02 Å². The molecule has 0 unspecified atom stereocenters. The summed E-state index contributed by atoms with van der Waals surface area (Å²) in [7, 11) is 0. The van der Waals surface area contributed by atoms with Gasteiger partial charge in [0, 0.05) is 16.3 Å². The molecule has 6 heteroatoms. The first-order valence-electron chi connectivity index (χ1n) is 7.06. The number of aromatic nitrogens is 3. The Hall–Kier alpha value is -2.24. The predicted molar refractivity (Wildman–Crippen MR) is 92.6 cm³/mol. The molecule has 0 aliphatic heterocycles. The van der Waals surface area contributed by atoms with Crippen molar-refractivity contribution < 1.29 is 4.42 Å². The standard InChI is InChI=1S/C17H12ClN3OS/c18-12-6-7-14-15(8-12)21-17(20-14)23-10-13-9-22-16(19-13)11-4-2-1-3-5-11/h1-9H,10H2,(H,20,21). The van der Waals surface area contributed by atoms with Crippen LogP contribution in [0.1, 0.15) is 5.69 Å². The molecule has 4 aromatic rings. The van der Waals surface area contributed by atoms with Crippen LogP contribution in [0.3, 0.4) is 0 Å². The molecule has 2 aromatic carbocycles. The number of nitrogens with one attached hydrogen (secondary N) is 1. The number of nitrogens with zero attached hydrogens (tertiary/aromatic N) is 2. The molecule has 4 rings (SSSR count). The Morgan fingerprint density at radius 2 is 1.96 bits per heavy atom. The quantitative estimate of drug-likeness (QED) is 0.521. The number of H-pyrrole nitrogens is 1. The zero-order valence-corrected chi connectivity index (χ0v) is 13.6. The number of halogens is 1. The Bertz CT molecular complexity index is 949. The molecular weight excluding hydrogens is 330 g/mol. The van der Waals surface area contributed by atoms with Crippen LogP contribution in [0, 0.1) is 0 Å². The Morgan fingerprint density at radius 1 is 1.09 bits per heavy atom. The Labute approximate surface area is 141 Å². The van der Waals surface area contributed by atoms with Crippen molar-refractivity contribution in [3.63, 3.8) is 0 Å². The number of thioether (sulfide) groups is 1. The fourth-order valence-electron chi connectivity index (χ4n) is 2.26. The van der Waals surface area contributed by atoms with Crippen molar-refractivity contribution in [1.82, 2.24) is 15.0 Å². The van der Waals surface area contributed by atoms with Crippen LogP contribution in [0.4, 0.5) is 0 Å². The highest BCUT2D eigenvalue weighted by atomic mass is 35.5. The molecular formula is C17H12ClN3OS. The van der Waals surface area contributed by atoms with E-state index in [0.29, 0.717) is 16.7 Å². The summed E-state index contributed by atoms with van der Waals surface area (Å²) in [5.41, 5.74) is 3.70. The molecule has 0 radical (unpaired) electrons. The van der Waals surface area contributed by atoms with Crippen LogP contribution < -0.4 is 0 Å². The van der Waals surface area contributed by atoms with Gasteiger partial charge < -0.3 is 9.40 Å². The van der Waals surface area contributed by atoms with Crippen LogP contribution in [-0.2, 0) is 5.75 Å². The number of aromatic amines is 1. The minimum Gasteiger partial charge on any atom is -0.444 e. The van der Waals surface area contributed by atoms with Crippen molar-refractivity contribution in [3.8, 4) is 11.5 Å². The Kier molecular flexibility index (Phi) is 3.81. The number of benzene rings is 2.